The predicted octanol–water partition coefficient (Wildman–Crippen LogP) is 3.37. The maximum Gasteiger partial charge on any atom is 0.490 e. The zero-order chi connectivity index (χ0) is 21.8. The molecule has 0 bridgehead atoms. The van der Waals surface area contributed by atoms with E-state index in [1.165, 1.54) is 38.8 Å². The number of amides is 1. The van der Waals surface area contributed by atoms with Gasteiger partial charge in [0.2, 0.25) is 5.91 Å². The van der Waals surface area contributed by atoms with Crippen LogP contribution in [0.2, 0.25) is 0 Å². The van der Waals surface area contributed by atoms with Gasteiger partial charge in [0.05, 0.1) is 18.2 Å². The lowest BCUT2D eigenvalue weighted by Gasteiger charge is -2.40. The first-order valence-corrected chi connectivity index (χ1v) is 10.9. The van der Waals surface area contributed by atoms with E-state index in [0.717, 1.165) is 57.3 Å². The molecule has 30 heavy (non-hydrogen) atoms. The standard InChI is InChI=1S/C19H30N2O2.C2HF3O2/c22-18(16-6-1-2-7-16)21-13-10-19(15-21)9-5-8-17(23-19)14-20-11-3-4-12-20;3-2(4,5)1(6)7/h6,17H,1-5,7-15H2;(H,6,7)/t17-,19-;/m1./s1. The van der Waals surface area contributed by atoms with Crippen molar-refractivity contribution in [1.29, 1.82) is 0 Å². The van der Waals surface area contributed by atoms with Crippen LogP contribution in [-0.4, -0.2) is 77.4 Å². The third kappa shape index (κ3) is 5.97. The Labute approximate surface area is 175 Å². The Morgan fingerprint density at radius 2 is 1.83 bits per heavy atom. The molecular weight excluding hydrogens is 401 g/mol. The number of likely N-dealkylation sites (tertiary alicyclic amines) is 2. The molecule has 9 heteroatoms. The van der Waals surface area contributed by atoms with Gasteiger partial charge in [-0.05, 0) is 70.9 Å². The van der Waals surface area contributed by atoms with E-state index in [2.05, 4.69) is 15.9 Å². The molecule has 3 heterocycles. The van der Waals surface area contributed by atoms with Gasteiger partial charge in [0.25, 0.3) is 0 Å². The molecule has 170 valence electrons. The number of carboxylic acid groups (broad SMARTS) is 1. The third-order valence-corrected chi connectivity index (χ3v) is 6.40. The summed E-state index contributed by atoms with van der Waals surface area (Å²) in [5.41, 5.74) is 1.00. The van der Waals surface area contributed by atoms with Gasteiger partial charge >= 0.3 is 12.1 Å². The minimum Gasteiger partial charge on any atom is -0.475 e. The molecule has 3 saturated heterocycles. The molecule has 1 N–H and O–H groups in total. The van der Waals surface area contributed by atoms with Gasteiger partial charge in [-0.1, -0.05) is 6.08 Å². The number of carboxylic acids is 1. The number of carbonyl (C=O) groups excluding carboxylic acids is 1. The van der Waals surface area contributed by atoms with Crippen LogP contribution in [0, 0.1) is 0 Å². The van der Waals surface area contributed by atoms with E-state index in [0.29, 0.717) is 6.10 Å². The Balaban J connectivity index is 0.000000318. The van der Waals surface area contributed by atoms with Gasteiger partial charge in [-0.15, -0.1) is 0 Å². The van der Waals surface area contributed by atoms with E-state index < -0.39 is 12.1 Å². The van der Waals surface area contributed by atoms with Crippen molar-refractivity contribution in [1.82, 2.24) is 9.80 Å². The van der Waals surface area contributed by atoms with Crippen LogP contribution in [0.3, 0.4) is 0 Å². The topological polar surface area (TPSA) is 70.1 Å². The Morgan fingerprint density at radius 1 is 1.13 bits per heavy atom. The number of allylic oxidation sites excluding steroid dienone is 1. The molecular formula is C21H31F3N2O4. The maximum atomic E-state index is 12.6. The van der Waals surface area contributed by atoms with E-state index in [9.17, 15) is 18.0 Å². The van der Waals surface area contributed by atoms with Gasteiger partial charge in [0.1, 0.15) is 0 Å². The lowest BCUT2D eigenvalue weighted by atomic mass is 9.90. The summed E-state index contributed by atoms with van der Waals surface area (Å²) in [6, 6.07) is 0. The molecule has 3 aliphatic heterocycles. The summed E-state index contributed by atoms with van der Waals surface area (Å²) in [4.78, 5) is 26.1. The highest BCUT2D eigenvalue weighted by Gasteiger charge is 2.45. The minimum atomic E-state index is -5.08. The average molecular weight is 432 g/mol. The first-order valence-electron chi connectivity index (χ1n) is 10.9. The smallest absolute Gasteiger partial charge is 0.475 e. The molecule has 0 aromatic carbocycles. The summed E-state index contributed by atoms with van der Waals surface area (Å²) in [5.74, 6) is -2.47. The molecule has 0 aromatic heterocycles. The van der Waals surface area contributed by atoms with Crippen LogP contribution in [0.4, 0.5) is 13.2 Å². The first kappa shape index (κ1) is 23.1. The maximum absolute atomic E-state index is 12.6. The normalized spacial score (nSPS) is 29.6. The predicted molar refractivity (Wildman–Crippen MR) is 104 cm³/mol. The largest absolute Gasteiger partial charge is 0.490 e. The fraction of sp³-hybridized carbons (Fsp3) is 0.810. The van der Waals surface area contributed by atoms with Crippen molar-refractivity contribution in [3.05, 3.63) is 11.6 Å². The Bertz CT molecular complexity index is 661. The number of aliphatic carboxylic acids is 1. The SMILES string of the molecule is O=C(C1=CCCC1)N1CC[C@]2(CCC[C@H](CN3CCCC3)O2)C1.O=C(O)C(F)(F)F. The van der Waals surface area contributed by atoms with Crippen molar-refractivity contribution in [2.24, 2.45) is 0 Å². The van der Waals surface area contributed by atoms with Crippen LogP contribution < -0.4 is 0 Å². The van der Waals surface area contributed by atoms with E-state index in [4.69, 9.17) is 14.6 Å². The number of hydrogen-bond acceptors (Lipinski definition) is 4. The van der Waals surface area contributed by atoms with Crippen molar-refractivity contribution in [2.75, 3.05) is 32.7 Å². The number of nitrogens with zero attached hydrogens (tertiary/aromatic N) is 2. The molecule has 4 rings (SSSR count). The highest BCUT2D eigenvalue weighted by molar-refractivity contribution is 5.94. The van der Waals surface area contributed by atoms with Crippen LogP contribution >= 0.6 is 0 Å². The summed E-state index contributed by atoms with van der Waals surface area (Å²) in [6.07, 6.45) is 7.93. The van der Waals surface area contributed by atoms with E-state index in [1.807, 2.05) is 0 Å². The van der Waals surface area contributed by atoms with Crippen molar-refractivity contribution >= 4 is 11.9 Å². The van der Waals surface area contributed by atoms with Crippen LogP contribution in [0.1, 0.15) is 57.8 Å². The van der Waals surface area contributed by atoms with E-state index >= 15 is 0 Å². The molecule has 1 amide bonds. The van der Waals surface area contributed by atoms with Crippen LogP contribution in [0.5, 0.6) is 0 Å². The van der Waals surface area contributed by atoms with Gasteiger partial charge in [0.15, 0.2) is 0 Å². The second-order valence-corrected chi connectivity index (χ2v) is 8.72. The molecule has 3 fully saturated rings. The number of ether oxygens (including phenoxy) is 1. The van der Waals surface area contributed by atoms with Crippen LogP contribution in [0.15, 0.2) is 11.6 Å². The molecule has 1 spiro atoms. The van der Waals surface area contributed by atoms with Crippen molar-refractivity contribution in [3.63, 3.8) is 0 Å². The van der Waals surface area contributed by atoms with Gasteiger partial charge < -0.3 is 19.6 Å². The Morgan fingerprint density at radius 3 is 2.43 bits per heavy atom. The number of carbonyl (C=O) groups is 2. The summed E-state index contributed by atoms with van der Waals surface area (Å²) in [5, 5.41) is 7.12. The second kappa shape index (κ2) is 9.68. The zero-order valence-electron chi connectivity index (χ0n) is 17.3. The van der Waals surface area contributed by atoms with Gasteiger partial charge in [-0.25, -0.2) is 4.79 Å². The van der Waals surface area contributed by atoms with Gasteiger partial charge in [0, 0.05) is 18.7 Å². The molecule has 0 unspecified atom stereocenters. The van der Waals surface area contributed by atoms with Crippen LogP contribution in [0.25, 0.3) is 0 Å². The van der Waals surface area contributed by atoms with Gasteiger partial charge in [-0.3, -0.25) is 4.79 Å². The molecule has 4 aliphatic rings. The number of rotatable bonds is 3. The Kier molecular flexibility index (Phi) is 7.44. The summed E-state index contributed by atoms with van der Waals surface area (Å²) < 4.78 is 38.3. The molecule has 0 aromatic rings. The molecule has 1 aliphatic carbocycles. The summed E-state index contributed by atoms with van der Waals surface area (Å²) >= 11 is 0. The number of alkyl halides is 3. The average Bonchev–Trinajstić information content (AvgIpc) is 3.43. The van der Waals surface area contributed by atoms with Crippen LogP contribution in [-0.2, 0) is 14.3 Å². The minimum absolute atomic E-state index is 0.0442. The highest BCUT2D eigenvalue weighted by atomic mass is 19.4. The molecule has 0 radical (unpaired) electrons. The van der Waals surface area contributed by atoms with Crippen molar-refractivity contribution < 1.29 is 32.6 Å². The highest BCUT2D eigenvalue weighted by Crippen LogP contribution is 2.38. The number of hydrogen-bond donors (Lipinski definition) is 1. The summed E-state index contributed by atoms with van der Waals surface area (Å²) in [7, 11) is 0. The quantitative estimate of drug-likeness (QED) is 0.741. The monoisotopic (exact) mass is 432 g/mol. The van der Waals surface area contributed by atoms with E-state index in [-0.39, 0.29) is 11.5 Å². The lowest BCUT2D eigenvalue weighted by molar-refractivity contribution is -0.192. The summed E-state index contributed by atoms with van der Waals surface area (Å²) in [6.45, 7) is 5.28. The fourth-order valence-electron chi connectivity index (χ4n) is 4.89. The first-order chi connectivity index (χ1) is 14.2. The zero-order valence-corrected chi connectivity index (χ0v) is 17.3. The third-order valence-electron chi connectivity index (χ3n) is 6.40. The van der Waals surface area contributed by atoms with Crippen molar-refractivity contribution in [3.8, 4) is 0 Å². The van der Waals surface area contributed by atoms with Gasteiger partial charge in [-0.2, -0.15) is 13.2 Å². The molecule has 6 nitrogen and oxygen atoms in total. The Hall–Kier alpha value is -1.61. The molecule has 0 saturated carbocycles. The molecule has 2 atom stereocenters. The van der Waals surface area contributed by atoms with E-state index in [1.54, 1.807) is 0 Å². The van der Waals surface area contributed by atoms with Crippen molar-refractivity contribution in [2.45, 2.75) is 75.7 Å². The lowest BCUT2D eigenvalue weighted by Crippen LogP contribution is -2.47. The second-order valence-electron chi connectivity index (χ2n) is 8.72. The fourth-order valence-corrected chi connectivity index (χ4v) is 4.89. The number of halogens is 3.